The average molecular weight is 824 g/mol. The molecule has 1 aromatic rings. The van der Waals surface area contributed by atoms with Gasteiger partial charge in [0.15, 0.2) is 0 Å². The summed E-state index contributed by atoms with van der Waals surface area (Å²) in [6.07, 6.45) is 47.2. The van der Waals surface area contributed by atoms with Crippen molar-refractivity contribution >= 4 is 35.2 Å². The molecule has 7 rings (SSSR count). The SMILES string of the molecule is C1CCC(P(C2CCCCC2)C2CCCCC2)CC1.C1CCC(P(C2CCCCC2)C2CCCCC2)CC1.[CH2-]c1ccccc1.[Cl][Ru+2][Cl]. The molecule has 1 aromatic carbocycles. The number of halogens is 2. The van der Waals surface area contributed by atoms with Gasteiger partial charge in [0.2, 0.25) is 0 Å². The van der Waals surface area contributed by atoms with E-state index in [1.807, 2.05) is 30.3 Å². The van der Waals surface area contributed by atoms with Crippen LogP contribution in [0.3, 0.4) is 0 Å². The molecule has 6 aliphatic carbocycles. The Morgan fingerprint density at radius 1 is 0.375 bits per heavy atom. The standard InChI is InChI=1S/2C18H33P.C7H7.2ClH.Ru/c2*1-4-10-16(11-5-1)19(17-12-6-2-7-13-17)18-14-8-3-9-15-18;1-7-5-3-2-4-6-7;;;/h2*16-18H,1-15H2;2-6H,1H2;2*1H;/q;;-1;;;+4/p-2. The van der Waals surface area contributed by atoms with Gasteiger partial charge in [0.05, 0.1) is 0 Å². The van der Waals surface area contributed by atoms with Gasteiger partial charge in [-0.2, -0.15) is 24.6 Å². The zero-order valence-electron chi connectivity index (χ0n) is 30.8. The van der Waals surface area contributed by atoms with Crippen molar-refractivity contribution in [2.24, 2.45) is 0 Å². The fourth-order valence-corrected chi connectivity index (χ4v) is 19.9. The molecule has 0 spiro atoms. The van der Waals surface area contributed by atoms with E-state index in [2.05, 4.69) is 6.92 Å². The Bertz CT molecular complexity index is 742. The summed E-state index contributed by atoms with van der Waals surface area (Å²) in [6.45, 7) is 3.72. The van der Waals surface area contributed by atoms with E-state index < -0.39 is 0 Å². The second kappa shape index (κ2) is 26.0. The summed E-state index contributed by atoms with van der Waals surface area (Å²) in [6, 6.07) is 9.87. The second-order valence-corrected chi connectivity index (χ2v) is 25.0. The quantitative estimate of drug-likeness (QED) is 0.152. The van der Waals surface area contributed by atoms with E-state index in [9.17, 15) is 0 Å². The van der Waals surface area contributed by atoms with E-state index in [0.717, 1.165) is 5.56 Å². The minimum absolute atomic E-state index is 0.346. The van der Waals surface area contributed by atoms with Crippen LogP contribution < -0.4 is 0 Å². The van der Waals surface area contributed by atoms with E-state index in [0.29, 0.717) is 15.8 Å². The first-order valence-corrected chi connectivity index (χ1v) is 28.6. The molecule has 0 aromatic heterocycles. The number of hydrogen-bond donors (Lipinski definition) is 0. The van der Waals surface area contributed by atoms with Crippen molar-refractivity contribution in [3.63, 3.8) is 0 Å². The Hall–Kier alpha value is 1.15. The molecular formula is C43H73Cl2P2Ru+. The van der Waals surface area contributed by atoms with Crippen LogP contribution in [0.5, 0.6) is 0 Å². The second-order valence-electron chi connectivity index (χ2n) is 16.2. The Morgan fingerprint density at radius 2 is 0.562 bits per heavy atom. The third-order valence-electron chi connectivity index (χ3n) is 12.8. The van der Waals surface area contributed by atoms with Gasteiger partial charge in [-0.25, -0.2) is 0 Å². The maximum atomic E-state index is 4.85. The Morgan fingerprint density at radius 3 is 0.708 bits per heavy atom. The summed E-state index contributed by atoms with van der Waals surface area (Å²) >= 11 is -0.346. The van der Waals surface area contributed by atoms with E-state index in [4.69, 9.17) is 19.4 Å². The van der Waals surface area contributed by atoms with Crippen molar-refractivity contribution in [1.29, 1.82) is 0 Å². The molecule has 5 heteroatoms. The zero-order chi connectivity index (χ0) is 33.7. The van der Waals surface area contributed by atoms with Crippen LogP contribution >= 0.6 is 35.2 Å². The normalized spacial score (nSPS) is 24.5. The molecule has 276 valence electrons. The summed E-state index contributed by atoms with van der Waals surface area (Å²) in [5.74, 6) is 0. The molecule has 0 radical (unpaired) electrons. The van der Waals surface area contributed by atoms with Crippen molar-refractivity contribution < 1.29 is 15.1 Å². The van der Waals surface area contributed by atoms with Crippen LogP contribution in [-0.2, 0) is 15.1 Å². The van der Waals surface area contributed by atoms with Gasteiger partial charge in [-0.3, -0.25) is 0 Å². The molecule has 0 N–H and O–H groups in total. The molecule has 0 unspecified atom stereocenters. The predicted molar refractivity (Wildman–Crippen MR) is 218 cm³/mol. The fourth-order valence-electron chi connectivity index (χ4n) is 10.5. The molecule has 0 heterocycles. The van der Waals surface area contributed by atoms with E-state index in [-0.39, 0.29) is 15.1 Å². The summed E-state index contributed by atoms with van der Waals surface area (Å²) in [4.78, 5) is 0. The molecule has 0 amide bonds. The molecule has 0 saturated heterocycles. The van der Waals surface area contributed by atoms with E-state index in [1.54, 1.807) is 154 Å². The predicted octanol–water partition coefficient (Wildman–Crippen LogP) is 16.2. The van der Waals surface area contributed by atoms with Gasteiger partial charge in [0, 0.05) is 0 Å². The molecule has 6 aliphatic rings. The van der Waals surface area contributed by atoms with Crippen molar-refractivity contribution in [3.05, 3.63) is 42.8 Å². The van der Waals surface area contributed by atoms with Crippen LogP contribution in [0.2, 0.25) is 0 Å². The monoisotopic (exact) mass is 823 g/mol. The summed E-state index contributed by atoms with van der Waals surface area (Å²) in [7, 11) is 10.5. The van der Waals surface area contributed by atoms with Crippen LogP contribution in [0.15, 0.2) is 30.3 Å². The molecule has 0 aliphatic heterocycles. The molecule has 0 bridgehead atoms. The van der Waals surface area contributed by atoms with E-state index >= 15 is 0 Å². The first-order chi connectivity index (χ1) is 23.7. The van der Waals surface area contributed by atoms with Crippen molar-refractivity contribution in [3.8, 4) is 0 Å². The molecule has 0 atom stereocenters. The van der Waals surface area contributed by atoms with Crippen molar-refractivity contribution in [2.45, 2.75) is 227 Å². The van der Waals surface area contributed by atoms with Gasteiger partial charge < -0.3 is 0 Å². The van der Waals surface area contributed by atoms with E-state index in [1.165, 1.54) is 72.5 Å². The first kappa shape index (κ1) is 41.9. The number of hydrogen-bond acceptors (Lipinski definition) is 0. The van der Waals surface area contributed by atoms with Crippen LogP contribution in [0, 0.1) is 6.92 Å². The molecule has 6 fully saturated rings. The van der Waals surface area contributed by atoms with Gasteiger partial charge in [-0.1, -0.05) is 137 Å². The number of benzene rings is 1. The fraction of sp³-hybridized carbons (Fsp3) is 0.837. The third kappa shape index (κ3) is 15.3. The van der Waals surface area contributed by atoms with Crippen LogP contribution in [0.4, 0.5) is 0 Å². The molecule has 48 heavy (non-hydrogen) atoms. The van der Waals surface area contributed by atoms with Gasteiger partial charge in [-0.15, -0.1) is 12.1 Å². The minimum atomic E-state index is -0.346. The molecular weight excluding hydrogens is 750 g/mol. The van der Waals surface area contributed by atoms with Crippen LogP contribution in [-0.4, -0.2) is 34.0 Å². The molecule has 6 saturated carbocycles. The zero-order valence-corrected chi connectivity index (χ0v) is 35.8. The van der Waals surface area contributed by atoms with Gasteiger partial charge in [-0.05, 0) is 111 Å². The Balaban J connectivity index is 0.000000170. The molecule has 0 nitrogen and oxygen atoms in total. The van der Waals surface area contributed by atoms with Gasteiger partial charge >= 0.3 is 34.5 Å². The van der Waals surface area contributed by atoms with Crippen LogP contribution in [0.1, 0.15) is 198 Å². The number of rotatable bonds is 6. The summed E-state index contributed by atoms with van der Waals surface area (Å²) in [5, 5.41) is 0. The van der Waals surface area contributed by atoms with Crippen LogP contribution in [0.25, 0.3) is 0 Å². The summed E-state index contributed by atoms with van der Waals surface area (Å²) < 4.78 is 0. The maximum absolute atomic E-state index is 4.85. The third-order valence-corrected chi connectivity index (χ3v) is 21.0. The van der Waals surface area contributed by atoms with Crippen molar-refractivity contribution in [1.82, 2.24) is 0 Å². The van der Waals surface area contributed by atoms with Crippen molar-refractivity contribution in [2.75, 3.05) is 0 Å². The Kier molecular flexibility index (Phi) is 22.7. The van der Waals surface area contributed by atoms with Gasteiger partial charge in [0.1, 0.15) is 0 Å². The van der Waals surface area contributed by atoms with Gasteiger partial charge in [0.25, 0.3) is 0 Å². The summed E-state index contributed by atoms with van der Waals surface area (Å²) in [5.41, 5.74) is 8.21. The Labute approximate surface area is 317 Å². The topological polar surface area (TPSA) is 0 Å². The average Bonchev–Trinajstić information content (AvgIpc) is 3.16. The first-order valence-electron chi connectivity index (χ1n) is 21.0.